The molecule has 2 aromatic rings. The molecule has 132 valence electrons. The fraction of sp³-hybridized carbons (Fsp3) is 0.368. The zero-order chi connectivity index (χ0) is 17.8. The van der Waals surface area contributed by atoms with E-state index < -0.39 is 12.0 Å². The lowest BCUT2D eigenvalue weighted by Crippen LogP contribution is -2.44. The maximum absolute atomic E-state index is 12.2. The van der Waals surface area contributed by atoms with Crippen LogP contribution in [0.4, 0.5) is 0 Å². The van der Waals surface area contributed by atoms with E-state index in [1.165, 1.54) is 17.2 Å². The highest BCUT2D eigenvalue weighted by Crippen LogP contribution is 2.30. The number of hydrogen-bond acceptors (Lipinski definition) is 4. The van der Waals surface area contributed by atoms with Crippen LogP contribution in [0.3, 0.4) is 0 Å². The van der Waals surface area contributed by atoms with Crippen LogP contribution in [0.5, 0.6) is 0 Å². The number of amides is 1. The molecular weight excluding hydrogens is 322 g/mol. The molecule has 2 N–H and O–H groups in total. The Labute approximate surface area is 145 Å². The first kappa shape index (κ1) is 17.2. The molecule has 0 fully saturated rings. The summed E-state index contributed by atoms with van der Waals surface area (Å²) in [7, 11) is 0. The molecule has 1 aromatic heterocycles. The van der Waals surface area contributed by atoms with E-state index >= 15 is 0 Å². The van der Waals surface area contributed by atoms with Crippen molar-refractivity contribution >= 4 is 22.8 Å². The average molecular weight is 343 g/mol. The Balaban J connectivity index is 1.69. The molecule has 1 aliphatic carbocycles. The minimum atomic E-state index is -1.13. The number of carboxylic acid groups (broad SMARTS) is 1. The summed E-state index contributed by atoms with van der Waals surface area (Å²) in [5.74, 6) is -1.51. The number of nitrogens with one attached hydrogen (secondary N) is 1. The molecule has 1 aromatic carbocycles. The number of benzene rings is 1. The lowest BCUT2D eigenvalue weighted by Gasteiger charge is -2.14. The SMILES string of the molecule is C=CCOCC(NC(=O)Cc1coc2cc3c(cc12)CCC3)C(=O)O. The molecule has 0 aliphatic heterocycles. The van der Waals surface area contributed by atoms with Crippen LogP contribution in [-0.2, 0) is 33.6 Å². The van der Waals surface area contributed by atoms with Crippen LogP contribution in [0.15, 0.2) is 35.5 Å². The number of furan rings is 1. The fourth-order valence-electron chi connectivity index (χ4n) is 3.15. The Kier molecular flexibility index (Phi) is 5.19. The first-order chi connectivity index (χ1) is 12.1. The number of ether oxygens (including phenoxy) is 1. The van der Waals surface area contributed by atoms with Crippen molar-refractivity contribution < 1.29 is 23.8 Å². The number of hydrogen-bond donors (Lipinski definition) is 2. The second-order valence-corrected chi connectivity index (χ2v) is 6.19. The molecular formula is C19H21NO5. The summed E-state index contributed by atoms with van der Waals surface area (Å²) in [6, 6.07) is 3.04. The van der Waals surface area contributed by atoms with Gasteiger partial charge in [0.25, 0.3) is 0 Å². The molecule has 0 radical (unpaired) electrons. The second-order valence-electron chi connectivity index (χ2n) is 6.19. The van der Waals surface area contributed by atoms with Gasteiger partial charge in [0.2, 0.25) is 5.91 Å². The van der Waals surface area contributed by atoms with Crippen LogP contribution in [-0.4, -0.2) is 36.2 Å². The summed E-state index contributed by atoms with van der Waals surface area (Å²) in [5.41, 5.74) is 4.14. The minimum Gasteiger partial charge on any atom is -0.480 e. The first-order valence-corrected chi connectivity index (χ1v) is 8.31. The molecule has 1 amide bonds. The van der Waals surface area contributed by atoms with Crippen LogP contribution >= 0.6 is 0 Å². The Morgan fingerprint density at radius 2 is 2.12 bits per heavy atom. The van der Waals surface area contributed by atoms with Crippen LogP contribution in [0.25, 0.3) is 11.0 Å². The van der Waals surface area contributed by atoms with E-state index in [0.717, 1.165) is 35.8 Å². The van der Waals surface area contributed by atoms with Gasteiger partial charge in [-0.05, 0) is 42.5 Å². The van der Waals surface area contributed by atoms with Crippen molar-refractivity contribution in [3.8, 4) is 0 Å². The van der Waals surface area contributed by atoms with Gasteiger partial charge in [0, 0.05) is 10.9 Å². The number of aryl methyl sites for hydroxylation is 2. The predicted molar refractivity (Wildman–Crippen MR) is 92.5 cm³/mol. The smallest absolute Gasteiger partial charge is 0.328 e. The monoisotopic (exact) mass is 343 g/mol. The number of rotatable bonds is 8. The molecule has 3 rings (SSSR count). The maximum atomic E-state index is 12.2. The van der Waals surface area contributed by atoms with Crippen LogP contribution < -0.4 is 5.32 Å². The van der Waals surface area contributed by atoms with Gasteiger partial charge < -0.3 is 19.6 Å². The molecule has 1 atom stereocenters. The van der Waals surface area contributed by atoms with Gasteiger partial charge in [-0.2, -0.15) is 0 Å². The third kappa shape index (κ3) is 3.91. The summed E-state index contributed by atoms with van der Waals surface area (Å²) in [5, 5.41) is 12.6. The topological polar surface area (TPSA) is 88.8 Å². The zero-order valence-electron chi connectivity index (χ0n) is 13.9. The fourth-order valence-corrected chi connectivity index (χ4v) is 3.15. The van der Waals surface area contributed by atoms with Gasteiger partial charge in [-0.3, -0.25) is 4.79 Å². The van der Waals surface area contributed by atoms with Crippen molar-refractivity contribution in [3.63, 3.8) is 0 Å². The number of carbonyl (C=O) groups excluding carboxylic acids is 1. The van der Waals surface area contributed by atoms with Gasteiger partial charge in [-0.15, -0.1) is 6.58 Å². The van der Waals surface area contributed by atoms with Gasteiger partial charge in [0.05, 0.1) is 25.9 Å². The summed E-state index contributed by atoms with van der Waals surface area (Å²) < 4.78 is 10.7. The Bertz CT molecular complexity index is 807. The van der Waals surface area contributed by atoms with Crippen molar-refractivity contribution in [2.24, 2.45) is 0 Å². The molecule has 0 bridgehead atoms. The molecule has 0 saturated carbocycles. The Morgan fingerprint density at radius 1 is 1.36 bits per heavy atom. The van der Waals surface area contributed by atoms with E-state index in [2.05, 4.69) is 18.0 Å². The highest BCUT2D eigenvalue weighted by molar-refractivity contribution is 5.90. The third-order valence-electron chi connectivity index (χ3n) is 4.37. The molecule has 0 saturated heterocycles. The van der Waals surface area contributed by atoms with Crippen molar-refractivity contribution in [1.29, 1.82) is 0 Å². The number of carbonyl (C=O) groups is 2. The quantitative estimate of drug-likeness (QED) is 0.567. The standard InChI is InChI=1S/C19H21NO5/c1-2-6-24-11-16(19(22)23)20-18(21)9-14-10-25-17-8-13-5-3-4-12(13)7-15(14)17/h2,7-8,10,16H,1,3-6,9,11H2,(H,20,21)(H,22,23). The van der Waals surface area contributed by atoms with Crippen LogP contribution in [0.2, 0.25) is 0 Å². The second kappa shape index (κ2) is 7.53. The molecule has 25 heavy (non-hydrogen) atoms. The van der Waals surface area contributed by atoms with E-state index in [-0.39, 0.29) is 25.5 Å². The first-order valence-electron chi connectivity index (χ1n) is 8.31. The summed E-state index contributed by atoms with van der Waals surface area (Å²) in [6.45, 7) is 3.63. The van der Waals surface area contributed by atoms with Crippen LogP contribution in [0, 0.1) is 0 Å². The lowest BCUT2D eigenvalue weighted by atomic mass is 10.0. The van der Waals surface area contributed by atoms with Crippen molar-refractivity contribution in [1.82, 2.24) is 5.32 Å². The molecule has 1 unspecified atom stereocenters. The summed E-state index contributed by atoms with van der Waals surface area (Å²) in [6.07, 6.45) is 6.41. The van der Waals surface area contributed by atoms with Crippen molar-refractivity contribution in [2.75, 3.05) is 13.2 Å². The summed E-state index contributed by atoms with van der Waals surface area (Å²) >= 11 is 0. The predicted octanol–water partition coefficient (Wildman–Crippen LogP) is 2.24. The van der Waals surface area contributed by atoms with Crippen molar-refractivity contribution in [2.45, 2.75) is 31.7 Å². The zero-order valence-corrected chi connectivity index (χ0v) is 13.9. The van der Waals surface area contributed by atoms with E-state index in [9.17, 15) is 14.7 Å². The van der Waals surface area contributed by atoms with E-state index in [4.69, 9.17) is 9.15 Å². The molecule has 0 spiro atoms. The van der Waals surface area contributed by atoms with E-state index in [1.807, 2.05) is 6.07 Å². The van der Waals surface area contributed by atoms with Crippen LogP contribution in [0.1, 0.15) is 23.1 Å². The normalized spacial score (nSPS) is 14.2. The molecule has 6 heteroatoms. The van der Waals surface area contributed by atoms with Gasteiger partial charge in [0.15, 0.2) is 6.04 Å². The van der Waals surface area contributed by atoms with Crippen molar-refractivity contribution in [3.05, 3.63) is 47.7 Å². The van der Waals surface area contributed by atoms with Gasteiger partial charge >= 0.3 is 5.97 Å². The van der Waals surface area contributed by atoms with Gasteiger partial charge in [-0.25, -0.2) is 4.79 Å². The largest absolute Gasteiger partial charge is 0.480 e. The van der Waals surface area contributed by atoms with Gasteiger partial charge in [0.1, 0.15) is 5.58 Å². The Morgan fingerprint density at radius 3 is 2.84 bits per heavy atom. The Hall–Kier alpha value is -2.60. The third-order valence-corrected chi connectivity index (χ3v) is 4.37. The number of fused-ring (bicyclic) bond motifs is 2. The highest BCUT2D eigenvalue weighted by Gasteiger charge is 2.22. The van der Waals surface area contributed by atoms with E-state index in [0.29, 0.717) is 0 Å². The number of aliphatic carboxylic acids is 1. The highest BCUT2D eigenvalue weighted by atomic mass is 16.5. The van der Waals surface area contributed by atoms with E-state index in [1.54, 1.807) is 6.26 Å². The molecule has 1 aliphatic rings. The molecule has 1 heterocycles. The minimum absolute atomic E-state index is 0.0665. The van der Waals surface area contributed by atoms with Gasteiger partial charge in [-0.1, -0.05) is 6.08 Å². The number of carboxylic acids is 1. The molecule has 6 nitrogen and oxygen atoms in total. The lowest BCUT2D eigenvalue weighted by molar-refractivity contribution is -0.143. The maximum Gasteiger partial charge on any atom is 0.328 e. The average Bonchev–Trinajstić information content (AvgIpc) is 3.18. The summed E-state index contributed by atoms with van der Waals surface area (Å²) in [4.78, 5) is 23.5.